The number of hydrogen-bond donors (Lipinski definition) is 1. The Morgan fingerprint density at radius 3 is 3.29 bits per heavy atom. The van der Waals surface area contributed by atoms with Gasteiger partial charge in [0.05, 0.1) is 6.61 Å². The predicted octanol–water partition coefficient (Wildman–Crippen LogP) is 0.614. The van der Waals surface area contributed by atoms with E-state index in [0.717, 1.165) is 25.4 Å². The van der Waals surface area contributed by atoms with E-state index < -0.39 is 0 Å². The molecular weight excluding hydrogens is 218 g/mol. The average Bonchev–Trinajstić information content (AvgIpc) is 2.74. The number of rotatable bonds is 1. The Morgan fingerprint density at radius 1 is 1.59 bits per heavy atom. The van der Waals surface area contributed by atoms with Gasteiger partial charge in [0, 0.05) is 24.3 Å². The molecule has 2 aliphatic heterocycles. The molecule has 0 aliphatic carbocycles. The van der Waals surface area contributed by atoms with E-state index in [9.17, 15) is 4.79 Å². The fourth-order valence-corrected chi connectivity index (χ4v) is 2.74. The topological polar surface area (TPSA) is 58.2 Å². The fraction of sp³-hybridized carbons (Fsp3) is 0.667. The van der Waals surface area contributed by atoms with Gasteiger partial charge in [0.25, 0.3) is 5.56 Å². The summed E-state index contributed by atoms with van der Waals surface area (Å²) in [6.45, 7) is 4.57. The number of nitrogens with one attached hydrogen (secondary N) is 1. The number of aromatic nitrogens is 2. The van der Waals surface area contributed by atoms with E-state index in [0.29, 0.717) is 11.9 Å². The van der Waals surface area contributed by atoms with Crippen molar-refractivity contribution in [2.75, 3.05) is 19.7 Å². The molecule has 0 saturated carbocycles. The Bertz CT molecular complexity index is 471. The lowest BCUT2D eigenvalue weighted by Gasteiger charge is -2.34. The first-order chi connectivity index (χ1) is 8.22. The predicted molar refractivity (Wildman–Crippen MR) is 62.9 cm³/mol. The van der Waals surface area contributed by atoms with Gasteiger partial charge in [-0.1, -0.05) is 0 Å². The van der Waals surface area contributed by atoms with Gasteiger partial charge in [-0.2, -0.15) is 0 Å². The Kier molecular flexibility index (Phi) is 2.72. The number of aromatic amines is 1. The van der Waals surface area contributed by atoms with Crippen LogP contribution in [0.2, 0.25) is 0 Å². The van der Waals surface area contributed by atoms with Crippen molar-refractivity contribution in [1.82, 2.24) is 14.9 Å². The molecule has 5 nitrogen and oxygen atoms in total. The van der Waals surface area contributed by atoms with Crippen LogP contribution in [0, 0.1) is 6.92 Å². The molecule has 0 spiro atoms. The van der Waals surface area contributed by atoms with E-state index >= 15 is 0 Å². The monoisotopic (exact) mass is 235 g/mol. The number of ether oxygens (including phenoxy) is 1. The molecular formula is C12H17N3O2. The molecule has 0 amide bonds. The van der Waals surface area contributed by atoms with Gasteiger partial charge in [0.1, 0.15) is 11.9 Å². The summed E-state index contributed by atoms with van der Waals surface area (Å²) in [5, 5.41) is 0. The summed E-state index contributed by atoms with van der Waals surface area (Å²) >= 11 is 0. The zero-order chi connectivity index (χ0) is 11.8. The van der Waals surface area contributed by atoms with Gasteiger partial charge < -0.3 is 9.72 Å². The van der Waals surface area contributed by atoms with Crippen molar-refractivity contribution in [2.24, 2.45) is 0 Å². The van der Waals surface area contributed by atoms with Crippen molar-refractivity contribution in [2.45, 2.75) is 31.9 Å². The Hall–Kier alpha value is -1.20. The molecule has 3 rings (SSSR count). The van der Waals surface area contributed by atoms with Crippen molar-refractivity contribution in [3.8, 4) is 0 Å². The molecule has 0 aromatic carbocycles. The van der Waals surface area contributed by atoms with Gasteiger partial charge in [-0.3, -0.25) is 9.69 Å². The van der Waals surface area contributed by atoms with Crippen molar-refractivity contribution >= 4 is 0 Å². The van der Waals surface area contributed by atoms with E-state index in [2.05, 4.69) is 14.9 Å². The second-order valence-corrected chi connectivity index (χ2v) is 4.88. The zero-order valence-electron chi connectivity index (χ0n) is 9.98. The maximum atomic E-state index is 11.4. The normalized spacial score (nSPS) is 29.2. The zero-order valence-corrected chi connectivity index (χ0v) is 9.98. The molecule has 1 aromatic heterocycles. The van der Waals surface area contributed by atoms with Crippen molar-refractivity contribution in [3.05, 3.63) is 27.9 Å². The van der Waals surface area contributed by atoms with Crippen molar-refractivity contribution < 1.29 is 4.74 Å². The maximum Gasteiger partial charge on any atom is 0.251 e. The quantitative estimate of drug-likeness (QED) is 0.775. The number of aryl methyl sites for hydroxylation is 1. The van der Waals surface area contributed by atoms with Crippen molar-refractivity contribution in [3.63, 3.8) is 0 Å². The Balaban J connectivity index is 1.82. The van der Waals surface area contributed by atoms with Gasteiger partial charge in [-0.05, 0) is 26.3 Å². The molecule has 2 unspecified atom stereocenters. The van der Waals surface area contributed by atoms with E-state index in [1.54, 1.807) is 0 Å². The minimum absolute atomic E-state index is 0.0862. The lowest BCUT2D eigenvalue weighted by atomic mass is 10.2. The van der Waals surface area contributed by atoms with Gasteiger partial charge in [0.15, 0.2) is 0 Å². The Morgan fingerprint density at radius 2 is 2.47 bits per heavy atom. The highest BCUT2D eigenvalue weighted by Gasteiger charge is 2.33. The van der Waals surface area contributed by atoms with Gasteiger partial charge in [0.2, 0.25) is 0 Å². The van der Waals surface area contributed by atoms with Crippen LogP contribution in [0.1, 0.15) is 30.5 Å². The largest absolute Gasteiger partial charge is 0.367 e. The summed E-state index contributed by atoms with van der Waals surface area (Å²) in [5.41, 5.74) is 0.649. The molecule has 0 radical (unpaired) electrons. The molecule has 2 saturated heterocycles. The smallest absolute Gasteiger partial charge is 0.251 e. The molecule has 2 fully saturated rings. The summed E-state index contributed by atoms with van der Waals surface area (Å²) in [6, 6.07) is 2.08. The number of H-pyrrole nitrogens is 1. The highest BCUT2D eigenvalue weighted by molar-refractivity contribution is 5.04. The number of nitrogens with zero attached hydrogens (tertiary/aromatic N) is 2. The SMILES string of the molecule is Cc1cc(=O)[nH]c(C2CN3CCCC3CO2)n1. The Labute approximate surface area is 99.8 Å². The van der Waals surface area contributed by atoms with E-state index in [1.165, 1.54) is 18.9 Å². The van der Waals surface area contributed by atoms with E-state index in [1.807, 2.05) is 6.92 Å². The lowest BCUT2D eigenvalue weighted by molar-refractivity contribution is -0.0542. The summed E-state index contributed by atoms with van der Waals surface area (Å²) in [5.74, 6) is 0.667. The molecule has 3 heterocycles. The molecule has 1 N–H and O–H groups in total. The maximum absolute atomic E-state index is 11.4. The highest BCUT2D eigenvalue weighted by Crippen LogP contribution is 2.28. The first kappa shape index (κ1) is 10.9. The fourth-order valence-electron chi connectivity index (χ4n) is 2.74. The van der Waals surface area contributed by atoms with Crippen LogP contribution >= 0.6 is 0 Å². The van der Waals surface area contributed by atoms with Crippen molar-refractivity contribution in [1.29, 1.82) is 0 Å². The average molecular weight is 235 g/mol. The first-order valence-electron chi connectivity index (χ1n) is 6.16. The van der Waals surface area contributed by atoms with Crippen LogP contribution in [-0.2, 0) is 4.74 Å². The van der Waals surface area contributed by atoms with E-state index in [-0.39, 0.29) is 11.7 Å². The minimum Gasteiger partial charge on any atom is -0.367 e. The third-order valence-corrected chi connectivity index (χ3v) is 3.58. The number of fused-ring (bicyclic) bond motifs is 1. The minimum atomic E-state index is -0.0976. The highest BCUT2D eigenvalue weighted by atomic mass is 16.5. The van der Waals surface area contributed by atoms with Crippen LogP contribution in [0.25, 0.3) is 0 Å². The molecule has 17 heavy (non-hydrogen) atoms. The molecule has 1 aromatic rings. The molecule has 5 heteroatoms. The molecule has 0 bridgehead atoms. The number of hydrogen-bond acceptors (Lipinski definition) is 4. The second kappa shape index (κ2) is 4.23. The van der Waals surface area contributed by atoms with Crippen LogP contribution in [0.3, 0.4) is 0 Å². The van der Waals surface area contributed by atoms with Crippen LogP contribution in [0.4, 0.5) is 0 Å². The molecule has 2 atom stereocenters. The van der Waals surface area contributed by atoms with E-state index in [4.69, 9.17) is 4.74 Å². The molecule has 2 aliphatic rings. The van der Waals surface area contributed by atoms with Gasteiger partial charge in [-0.15, -0.1) is 0 Å². The van der Waals surface area contributed by atoms with Crippen LogP contribution in [0.5, 0.6) is 0 Å². The first-order valence-corrected chi connectivity index (χ1v) is 6.16. The van der Waals surface area contributed by atoms with Crippen LogP contribution in [-0.4, -0.2) is 40.6 Å². The van der Waals surface area contributed by atoms with Crippen LogP contribution in [0.15, 0.2) is 10.9 Å². The van der Waals surface area contributed by atoms with Crippen LogP contribution < -0.4 is 5.56 Å². The van der Waals surface area contributed by atoms with Gasteiger partial charge >= 0.3 is 0 Å². The molecule has 92 valence electrons. The number of morpholine rings is 1. The summed E-state index contributed by atoms with van der Waals surface area (Å²) < 4.78 is 5.81. The summed E-state index contributed by atoms with van der Waals surface area (Å²) in [4.78, 5) is 21.0. The lowest BCUT2D eigenvalue weighted by Crippen LogP contribution is -2.43. The third kappa shape index (κ3) is 2.12. The second-order valence-electron chi connectivity index (χ2n) is 4.88. The van der Waals surface area contributed by atoms with Gasteiger partial charge in [-0.25, -0.2) is 4.98 Å². The summed E-state index contributed by atoms with van der Waals surface area (Å²) in [7, 11) is 0. The third-order valence-electron chi connectivity index (χ3n) is 3.58. The summed E-state index contributed by atoms with van der Waals surface area (Å²) in [6.07, 6.45) is 2.39. The standard InChI is InChI=1S/C12H17N3O2/c1-8-5-11(16)14-12(13-8)10-6-15-4-2-3-9(15)7-17-10/h5,9-10H,2-4,6-7H2,1H3,(H,13,14,16).